The Labute approximate surface area is 162 Å². The van der Waals surface area contributed by atoms with Gasteiger partial charge < -0.3 is 10.1 Å². The van der Waals surface area contributed by atoms with E-state index >= 15 is 0 Å². The Morgan fingerprint density at radius 3 is 2.43 bits per heavy atom. The van der Waals surface area contributed by atoms with Crippen molar-refractivity contribution in [3.63, 3.8) is 0 Å². The van der Waals surface area contributed by atoms with Crippen LogP contribution in [0.1, 0.15) is 36.0 Å². The molecule has 1 saturated carbocycles. The van der Waals surface area contributed by atoms with Gasteiger partial charge in [0, 0.05) is 29.6 Å². The number of ether oxygens (including phenoxy) is 1. The molecule has 1 N–H and O–H groups in total. The smallest absolute Gasteiger partial charge is 0.321 e. The maximum atomic E-state index is 13.0. The molecular formula is C22H20FN3O2. The van der Waals surface area contributed by atoms with E-state index in [0.29, 0.717) is 11.3 Å². The average Bonchev–Trinajstić information content (AvgIpc) is 3.23. The van der Waals surface area contributed by atoms with Crippen molar-refractivity contribution in [2.24, 2.45) is 0 Å². The lowest BCUT2D eigenvalue weighted by Crippen LogP contribution is -2.32. The Kier molecular flexibility index (Phi) is 5.28. The quantitative estimate of drug-likeness (QED) is 0.697. The zero-order chi connectivity index (χ0) is 19.3. The SMILES string of the molecule is O=C(NC1CCCC1)c1cccc(-c2cnc(Oc3ccc(F)cc3)nc2)c1. The summed E-state index contributed by atoms with van der Waals surface area (Å²) < 4.78 is 18.5. The number of hydrogen-bond donors (Lipinski definition) is 1. The monoisotopic (exact) mass is 377 g/mol. The zero-order valence-electron chi connectivity index (χ0n) is 15.3. The van der Waals surface area contributed by atoms with E-state index in [9.17, 15) is 9.18 Å². The number of carbonyl (C=O) groups is 1. The van der Waals surface area contributed by atoms with Gasteiger partial charge in [-0.15, -0.1) is 0 Å². The number of halogens is 1. The van der Waals surface area contributed by atoms with Crippen LogP contribution in [0.3, 0.4) is 0 Å². The van der Waals surface area contributed by atoms with Gasteiger partial charge in [-0.2, -0.15) is 0 Å². The summed E-state index contributed by atoms with van der Waals surface area (Å²) in [5.74, 6) is 0.0751. The van der Waals surface area contributed by atoms with Crippen molar-refractivity contribution in [3.8, 4) is 22.9 Å². The van der Waals surface area contributed by atoms with Crippen LogP contribution in [-0.2, 0) is 0 Å². The zero-order valence-corrected chi connectivity index (χ0v) is 15.3. The van der Waals surface area contributed by atoms with Crippen LogP contribution in [0.15, 0.2) is 60.9 Å². The maximum Gasteiger partial charge on any atom is 0.321 e. The summed E-state index contributed by atoms with van der Waals surface area (Å²) in [6, 6.07) is 13.5. The molecule has 1 fully saturated rings. The van der Waals surface area contributed by atoms with Gasteiger partial charge >= 0.3 is 6.01 Å². The molecule has 0 aliphatic heterocycles. The lowest BCUT2D eigenvalue weighted by atomic mass is 10.1. The maximum absolute atomic E-state index is 13.0. The second-order valence-electron chi connectivity index (χ2n) is 6.85. The molecule has 1 aliphatic rings. The summed E-state index contributed by atoms with van der Waals surface area (Å²) in [6.45, 7) is 0. The number of aromatic nitrogens is 2. The topological polar surface area (TPSA) is 64.1 Å². The van der Waals surface area contributed by atoms with Crippen LogP contribution in [-0.4, -0.2) is 21.9 Å². The third kappa shape index (κ3) is 4.34. The number of carbonyl (C=O) groups excluding carboxylic acids is 1. The Bertz CT molecular complexity index is 952. The molecule has 2 aromatic carbocycles. The largest absolute Gasteiger partial charge is 0.424 e. The summed E-state index contributed by atoms with van der Waals surface area (Å²) in [6.07, 6.45) is 7.73. The second kappa shape index (κ2) is 8.17. The minimum absolute atomic E-state index is 0.0501. The fraction of sp³-hybridized carbons (Fsp3) is 0.227. The van der Waals surface area contributed by atoms with E-state index in [1.807, 2.05) is 18.2 Å². The highest BCUT2D eigenvalue weighted by Crippen LogP contribution is 2.23. The third-order valence-corrected chi connectivity index (χ3v) is 4.80. The van der Waals surface area contributed by atoms with Crippen LogP contribution in [0.2, 0.25) is 0 Å². The van der Waals surface area contributed by atoms with Gasteiger partial charge in [-0.3, -0.25) is 4.79 Å². The summed E-state index contributed by atoms with van der Waals surface area (Å²) >= 11 is 0. The van der Waals surface area contributed by atoms with Crippen LogP contribution in [0, 0.1) is 5.82 Å². The standard InChI is InChI=1S/C22H20FN3O2/c23-18-8-10-20(11-9-18)28-22-24-13-17(14-25-22)15-4-3-5-16(12-15)21(27)26-19-6-1-2-7-19/h3-5,8-14,19H,1-2,6-7H2,(H,26,27). The van der Waals surface area contributed by atoms with E-state index in [1.165, 1.54) is 37.1 Å². The van der Waals surface area contributed by atoms with Gasteiger partial charge in [0.1, 0.15) is 11.6 Å². The van der Waals surface area contributed by atoms with Gasteiger partial charge in [0.25, 0.3) is 5.91 Å². The molecule has 142 valence electrons. The predicted molar refractivity (Wildman–Crippen MR) is 104 cm³/mol. The van der Waals surface area contributed by atoms with Gasteiger partial charge in [0.2, 0.25) is 0 Å². The normalized spacial score (nSPS) is 14.0. The summed E-state index contributed by atoms with van der Waals surface area (Å²) in [5, 5.41) is 3.10. The number of rotatable bonds is 5. The molecule has 28 heavy (non-hydrogen) atoms. The van der Waals surface area contributed by atoms with E-state index in [1.54, 1.807) is 18.5 Å². The van der Waals surface area contributed by atoms with Crippen molar-refractivity contribution in [3.05, 3.63) is 72.3 Å². The van der Waals surface area contributed by atoms with Gasteiger partial charge in [0.05, 0.1) is 0 Å². The first kappa shape index (κ1) is 18.1. The molecule has 0 unspecified atom stereocenters. The fourth-order valence-corrected chi connectivity index (χ4v) is 3.30. The molecule has 3 aromatic rings. The van der Waals surface area contributed by atoms with Crippen LogP contribution in [0.25, 0.3) is 11.1 Å². The molecule has 0 atom stereocenters. The van der Waals surface area contributed by atoms with Gasteiger partial charge in [0.15, 0.2) is 0 Å². The molecular weight excluding hydrogens is 357 g/mol. The summed E-state index contributed by atoms with van der Waals surface area (Å²) in [5.41, 5.74) is 2.26. The number of benzene rings is 2. The number of nitrogens with zero attached hydrogens (tertiary/aromatic N) is 2. The minimum atomic E-state index is -0.333. The first-order chi connectivity index (χ1) is 13.7. The highest BCUT2D eigenvalue weighted by atomic mass is 19.1. The molecule has 0 saturated heterocycles. The van der Waals surface area contributed by atoms with Crippen LogP contribution < -0.4 is 10.1 Å². The van der Waals surface area contributed by atoms with Crippen molar-refractivity contribution >= 4 is 5.91 Å². The molecule has 1 amide bonds. The van der Waals surface area contributed by atoms with E-state index in [2.05, 4.69) is 15.3 Å². The van der Waals surface area contributed by atoms with Crippen LogP contribution >= 0.6 is 0 Å². The van der Waals surface area contributed by atoms with E-state index in [0.717, 1.165) is 24.0 Å². The minimum Gasteiger partial charge on any atom is -0.424 e. The third-order valence-electron chi connectivity index (χ3n) is 4.80. The molecule has 4 rings (SSSR count). The molecule has 1 aromatic heterocycles. The van der Waals surface area contributed by atoms with Gasteiger partial charge in [-0.1, -0.05) is 25.0 Å². The van der Waals surface area contributed by atoms with Crippen molar-refractivity contribution in [1.29, 1.82) is 0 Å². The fourth-order valence-electron chi connectivity index (χ4n) is 3.30. The van der Waals surface area contributed by atoms with Gasteiger partial charge in [-0.05, 0) is 54.8 Å². The first-order valence-electron chi connectivity index (χ1n) is 9.34. The van der Waals surface area contributed by atoms with Gasteiger partial charge in [-0.25, -0.2) is 14.4 Å². The first-order valence-corrected chi connectivity index (χ1v) is 9.34. The Hall–Kier alpha value is -3.28. The highest BCUT2D eigenvalue weighted by molar-refractivity contribution is 5.95. The Morgan fingerprint density at radius 1 is 1.00 bits per heavy atom. The summed E-state index contributed by atoms with van der Waals surface area (Å²) in [4.78, 5) is 20.9. The van der Waals surface area contributed by atoms with Crippen LogP contribution in [0.4, 0.5) is 4.39 Å². The van der Waals surface area contributed by atoms with E-state index in [4.69, 9.17) is 4.74 Å². The van der Waals surface area contributed by atoms with Crippen molar-refractivity contribution in [2.75, 3.05) is 0 Å². The highest BCUT2D eigenvalue weighted by Gasteiger charge is 2.18. The average molecular weight is 377 g/mol. The number of amides is 1. The van der Waals surface area contributed by atoms with Crippen molar-refractivity contribution in [2.45, 2.75) is 31.7 Å². The Balaban J connectivity index is 1.46. The lowest BCUT2D eigenvalue weighted by molar-refractivity contribution is 0.0938. The number of nitrogens with one attached hydrogen (secondary N) is 1. The second-order valence-corrected chi connectivity index (χ2v) is 6.85. The van der Waals surface area contributed by atoms with Crippen LogP contribution in [0.5, 0.6) is 11.8 Å². The van der Waals surface area contributed by atoms with E-state index in [-0.39, 0.29) is 23.8 Å². The lowest BCUT2D eigenvalue weighted by Gasteiger charge is -2.12. The van der Waals surface area contributed by atoms with Crippen molar-refractivity contribution < 1.29 is 13.9 Å². The number of hydrogen-bond acceptors (Lipinski definition) is 4. The molecule has 5 nitrogen and oxygen atoms in total. The molecule has 0 spiro atoms. The molecule has 6 heteroatoms. The Morgan fingerprint density at radius 2 is 1.71 bits per heavy atom. The molecule has 1 aliphatic carbocycles. The molecule has 0 radical (unpaired) electrons. The van der Waals surface area contributed by atoms with Crippen molar-refractivity contribution in [1.82, 2.24) is 15.3 Å². The molecule has 1 heterocycles. The molecule has 0 bridgehead atoms. The predicted octanol–water partition coefficient (Wildman–Crippen LogP) is 4.75. The van der Waals surface area contributed by atoms with E-state index < -0.39 is 0 Å². The summed E-state index contributed by atoms with van der Waals surface area (Å²) in [7, 11) is 0.